The van der Waals surface area contributed by atoms with Gasteiger partial charge in [-0.25, -0.2) is 13.8 Å². The third-order valence-corrected chi connectivity index (χ3v) is 5.15. The molecular formula is C26H26F2N4O4. The first-order valence-corrected chi connectivity index (χ1v) is 11.2. The molecule has 10 heteroatoms. The van der Waals surface area contributed by atoms with E-state index in [2.05, 4.69) is 15.6 Å². The van der Waals surface area contributed by atoms with E-state index < -0.39 is 35.4 Å². The summed E-state index contributed by atoms with van der Waals surface area (Å²) in [5, 5.41) is 5.27. The number of hydrogen-bond acceptors (Lipinski definition) is 5. The van der Waals surface area contributed by atoms with Crippen LogP contribution < -0.4 is 15.5 Å². The van der Waals surface area contributed by atoms with Crippen molar-refractivity contribution in [2.75, 3.05) is 30.5 Å². The van der Waals surface area contributed by atoms with Crippen molar-refractivity contribution in [2.24, 2.45) is 0 Å². The molecule has 0 spiro atoms. The molecule has 1 aromatic heterocycles. The van der Waals surface area contributed by atoms with Crippen molar-refractivity contribution in [1.82, 2.24) is 10.3 Å². The summed E-state index contributed by atoms with van der Waals surface area (Å²) in [6.07, 6.45) is 1.03. The molecule has 2 aromatic carbocycles. The lowest BCUT2D eigenvalue weighted by molar-refractivity contribution is -0.127. The number of benzene rings is 2. The molecule has 0 aliphatic carbocycles. The molecule has 8 nitrogen and oxygen atoms in total. The summed E-state index contributed by atoms with van der Waals surface area (Å²) in [4.78, 5) is 44.2. The van der Waals surface area contributed by atoms with Crippen molar-refractivity contribution in [2.45, 2.75) is 18.9 Å². The van der Waals surface area contributed by atoms with Crippen LogP contribution >= 0.6 is 0 Å². The number of carbonyl (C=O) groups is 3. The van der Waals surface area contributed by atoms with E-state index in [1.807, 2.05) is 0 Å². The molecule has 0 fully saturated rings. The number of hydrogen-bond donors (Lipinski definition) is 2. The monoisotopic (exact) mass is 496 g/mol. The zero-order chi connectivity index (χ0) is 25.9. The Morgan fingerprint density at radius 3 is 2.42 bits per heavy atom. The van der Waals surface area contributed by atoms with E-state index in [-0.39, 0.29) is 31.7 Å². The van der Waals surface area contributed by atoms with Crippen molar-refractivity contribution < 1.29 is 27.9 Å². The molecule has 3 rings (SSSR count). The van der Waals surface area contributed by atoms with Crippen LogP contribution in [-0.4, -0.2) is 43.0 Å². The number of rotatable bonds is 11. The highest BCUT2D eigenvalue weighted by molar-refractivity contribution is 6.03. The van der Waals surface area contributed by atoms with Gasteiger partial charge in [0.15, 0.2) is 0 Å². The number of nitrogens with one attached hydrogen (secondary N) is 2. The minimum atomic E-state index is -1.25. The molecule has 1 heterocycles. The van der Waals surface area contributed by atoms with Gasteiger partial charge in [0.05, 0.1) is 6.61 Å². The first kappa shape index (κ1) is 26.4. The highest BCUT2D eigenvalue weighted by atomic mass is 19.1. The Morgan fingerprint density at radius 2 is 1.75 bits per heavy atom. The fourth-order valence-electron chi connectivity index (χ4n) is 3.48. The van der Waals surface area contributed by atoms with Crippen LogP contribution in [0.3, 0.4) is 0 Å². The van der Waals surface area contributed by atoms with Crippen molar-refractivity contribution in [1.29, 1.82) is 0 Å². The number of amides is 3. The molecule has 0 saturated heterocycles. The van der Waals surface area contributed by atoms with Gasteiger partial charge in [0, 0.05) is 38.4 Å². The van der Waals surface area contributed by atoms with Crippen LogP contribution in [0, 0.1) is 11.6 Å². The second-order valence-electron chi connectivity index (χ2n) is 7.74. The molecule has 0 saturated carbocycles. The van der Waals surface area contributed by atoms with Crippen molar-refractivity contribution >= 4 is 29.2 Å². The highest BCUT2D eigenvalue weighted by Gasteiger charge is 2.33. The van der Waals surface area contributed by atoms with E-state index in [9.17, 15) is 23.2 Å². The predicted molar refractivity (Wildman–Crippen MR) is 130 cm³/mol. The Kier molecular flexibility index (Phi) is 9.58. The summed E-state index contributed by atoms with van der Waals surface area (Å²) in [5.41, 5.74) is 0.420. The lowest BCUT2D eigenvalue weighted by atomic mass is 10.0. The van der Waals surface area contributed by atoms with Gasteiger partial charge in [-0.3, -0.25) is 19.3 Å². The SMILES string of the molecule is COCCNC(=O)[C@H](c1ccc(F)cc1)N(C(=O)CCC(=O)Nc1ccccn1)c1cccc(F)c1. The zero-order valence-electron chi connectivity index (χ0n) is 19.6. The van der Waals surface area contributed by atoms with Crippen molar-refractivity contribution in [3.8, 4) is 0 Å². The highest BCUT2D eigenvalue weighted by Crippen LogP contribution is 2.30. The van der Waals surface area contributed by atoms with Gasteiger partial charge in [-0.05, 0) is 48.0 Å². The molecular weight excluding hydrogens is 470 g/mol. The molecule has 188 valence electrons. The third-order valence-electron chi connectivity index (χ3n) is 5.15. The lowest BCUT2D eigenvalue weighted by Crippen LogP contribution is -2.45. The van der Waals surface area contributed by atoms with Crippen LogP contribution in [0.5, 0.6) is 0 Å². The number of carbonyl (C=O) groups excluding carboxylic acids is 3. The van der Waals surface area contributed by atoms with E-state index in [0.717, 1.165) is 11.0 Å². The molecule has 3 amide bonds. The molecule has 3 aromatic rings. The molecule has 0 unspecified atom stereocenters. The number of methoxy groups -OCH3 is 1. The van der Waals surface area contributed by atoms with Gasteiger partial charge in [-0.2, -0.15) is 0 Å². The summed E-state index contributed by atoms with van der Waals surface area (Å²) in [7, 11) is 1.47. The number of aromatic nitrogens is 1. The second kappa shape index (κ2) is 13.1. The minimum Gasteiger partial charge on any atom is -0.383 e. The standard InChI is InChI=1S/C26H26F2N4O4/c1-36-16-15-30-26(35)25(18-8-10-19(27)11-9-18)32(21-6-4-5-20(28)17-21)24(34)13-12-23(33)31-22-7-2-3-14-29-22/h2-11,14,17,25H,12-13,15-16H2,1H3,(H,30,35)(H,29,31,33)/t25-/m0/s1. The number of anilines is 2. The smallest absolute Gasteiger partial charge is 0.247 e. The largest absolute Gasteiger partial charge is 0.383 e. The predicted octanol–water partition coefficient (Wildman–Crippen LogP) is 3.62. The van der Waals surface area contributed by atoms with E-state index in [0.29, 0.717) is 11.4 Å². The average molecular weight is 497 g/mol. The number of nitrogens with zero attached hydrogens (tertiary/aromatic N) is 2. The van der Waals surface area contributed by atoms with Gasteiger partial charge < -0.3 is 15.4 Å². The molecule has 0 aliphatic rings. The third kappa shape index (κ3) is 7.41. The van der Waals surface area contributed by atoms with Gasteiger partial charge in [0.2, 0.25) is 17.7 Å². The number of halogens is 2. The van der Waals surface area contributed by atoms with Gasteiger partial charge in [0.1, 0.15) is 23.5 Å². The summed E-state index contributed by atoms with van der Waals surface area (Å²) in [6.45, 7) is 0.383. The lowest BCUT2D eigenvalue weighted by Gasteiger charge is -2.31. The van der Waals surface area contributed by atoms with Crippen LogP contribution in [0.25, 0.3) is 0 Å². The second-order valence-corrected chi connectivity index (χ2v) is 7.74. The maximum atomic E-state index is 14.1. The van der Waals surface area contributed by atoms with Gasteiger partial charge in [0.25, 0.3) is 0 Å². The average Bonchev–Trinajstić information content (AvgIpc) is 2.87. The number of ether oxygens (including phenoxy) is 1. The summed E-state index contributed by atoms with van der Waals surface area (Å²) < 4.78 is 32.7. The number of pyridine rings is 1. The molecule has 1 atom stereocenters. The molecule has 0 bridgehead atoms. The van der Waals surface area contributed by atoms with Gasteiger partial charge in [-0.15, -0.1) is 0 Å². The maximum Gasteiger partial charge on any atom is 0.247 e. The van der Waals surface area contributed by atoms with Crippen LogP contribution in [0.15, 0.2) is 72.9 Å². The summed E-state index contributed by atoms with van der Waals surface area (Å²) in [6, 6.07) is 14.0. The van der Waals surface area contributed by atoms with Crippen molar-refractivity contribution in [3.63, 3.8) is 0 Å². The fraction of sp³-hybridized carbons (Fsp3) is 0.231. The first-order chi connectivity index (χ1) is 17.4. The normalized spacial score (nSPS) is 11.4. The van der Waals surface area contributed by atoms with E-state index in [4.69, 9.17) is 4.74 Å². The van der Waals surface area contributed by atoms with Crippen molar-refractivity contribution in [3.05, 3.63) is 90.1 Å². The maximum absolute atomic E-state index is 14.1. The van der Waals surface area contributed by atoms with E-state index >= 15 is 0 Å². The quantitative estimate of drug-likeness (QED) is 0.395. The Bertz CT molecular complexity index is 1180. The fourth-order valence-corrected chi connectivity index (χ4v) is 3.48. The van der Waals surface area contributed by atoms with Crippen LogP contribution in [-0.2, 0) is 19.1 Å². The van der Waals surface area contributed by atoms with E-state index in [1.165, 1.54) is 55.8 Å². The first-order valence-electron chi connectivity index (χ1n) is 11.2. The van der Waals surface area contributed by atoms with E-state index in [1.54, 1.807) is 18.2 Å². The summed E-state index contributed by atoms with van der Waals surface area (Å²) in [5.74, 6) is -2.44. The van der Waals surface area contributed by atoms with Crippen LogP contribution in [0.4, 0.5) is 20.3 Å². The topological polar surface area (TPSA) is 101 Å². The van der Waals surface area contributed by atoms with Gasteiger partial charge >= 0.3 is 0 Å². The van der Waals surface area contributed by atoms with Crippen LogP contribution in [0.2, 0.25) is 0 Å². The Morgan fingerprint density at radius 1 is 0.972 bits per heavy atom. The molecule has 2 N–H and O–H groups in total. The molecule has 36 heavy (non-hydrogen) atoms. The zero-order valence-corrected chi connectivity index (χ0v) is 19.6. The molecule has 0 aliphatic heterocycles. The summed E-state index contributed by atoms with van der Waals surface area (Å²) >= 11 is 0. The van der Waals surface area contributed by atoms with Crippen LogP contribution in [0.1, 0.15) is 24.4 Å². The Labute approximate surface area is 207 Å². The Balaban J connectivity index is 1.90. The minimum absolute atomic E-state index is 0.112. The molecule has 0 radical (unpaired) electrons. The Hall–Kier alpha value is -4.18. The van der Waals surface area contributed by atoms with Gasteiger partial charge in [-0.1, -0.05) is 24.3 Å².